The Kier molecular flexibility index (Phi) is 2.67. The molecule has 0 spiro atoms. The molecule has 1 heterocycles. The van der Waals surface area contributed by atoms with Gasteiger partial charge in [0.05, 0.1) is 5.56 Å². The van der Waals surface area contributed by atoms with Gasteiger partial charge in [-0.05, 0) is 36.2 Å². The van der Waals surface area contributed by atoms with Gasteiger partial charge in [-0.3, -0.25) is 4.79 Å². The average molecular weight is 253 g/mol. The fourth-order valence-corrected chi connectivity index (χ4v) is 2.37. The first-order valence-corrected chi connectivity index (χ1v) is 6.04. The van der Waals surface area contributed by atoms with E-state index in [0.717, 1.165) is 22.0 Å². The topological polar surface area (TPSA) is 32.9 Å². The minimum absolute atomic E-state index is 0.150. The van der Waals surface area contributed by atoms with E-state index in [1.807, 2.05) is 31.2 Å². The van der Waals surface area contributed by atoms with Gasteiger partial charge in [-0.1, -0.05) is 30.3 Å². The first-order chi connectivity index (χ1) is 9.16. The molecule has 94 valence electrons. The second-order valence-corrected chi connectivity index (χ2v) is 4.51. The van der Waals surface area contributed by atoms with Gasteiger partial charge in [0.1, 0.15) is 5.82 Å². The highest BCUT2D eigenvalue weighted by atomic mass is 19.1. The highest BCUT2D eigenvalue weighted by Crippen LogP contribution is 2.25. The van der Waals surface area contributed by atoms with E-state index >= 15 is 0 Å². The molecule has 0 saturated carbocycles. The summed E-state index contributed by atoms with van der Waals surface area (Å²) in [6.45, 7) is 1.91. The van der Waals surface area contributed by atoms with Crippen LogP contribution in [0.25, 0.3) is 22.0 Å². The number of benzene rings is 2. The Hall–Kier alpha value is -2.42. The molecule has 2 nitrogen and oxygen atoms in total. The van der Waals surface area contributed by atoms with E-state index in [9.17, 15) is 9.18 Å². The summed E-state index contributed by atoms with van der Waals surface area (Å²) in [6.07, 6.45) is 0. The molecular formula is C16H12FNO. The number of halogens is 1. The van der Waals surface area contributed by atoms with Crippen LogP contribution in [0.1, 0.15) is 5.56 Å². The summed E-state index contributed by atoms with van der Waals surface area (Å²) in [5, 5.41) is 1.00. The van der Waals surface area contributed by atoms with Crippen molar-refractivity contribution in [3.63, 3.8) is 0 Å². The van der Waals surface area contributed by atoms with Gasteiger partial charge in [-0.25, -0.2) is 4.39 Å². The first kappa shape index (κ1) is 11.7. The second-order valence-electron chi connectivity index (χ2n) is 4.51. The summed E-state index contributed by atoms with van der Waals surface area (Å²) in [7, 11) is 0. The Labute approximate surface area is 109 Å². The summed E-state index contributed by atoms with van der Waals surface area (Å²) in [5.74, 6) is -0.307. The number of rotatable bonds is 1. The van der Waals surface area contributed by atoms with Crippen LogP contribution in [0.15, 0.2) is 53.3 Å². The lowest BCUT2D eigenvalue weighted by Gasteiger charge is -2.08. The number of hydrogen-bond donors (Lipinski definition) is 1. The number of H-pyrrole nitrogens is 1. The van der Waals surface area contributed by atoms with Gasteiger partial charge in [0.2, 0.25) is 0 Å². The number of aromatic nitrogens is 1. The third-order valence-corrected chi connectivity index (χ3v) is 3.31. The van der Waals surface area contributed by atoms with Crippen LogP contribution in [-0.2, 0) is 0 Å². The molecule has 0 atom stereocenters. The van der Waals surface area contributed by atoms with E-state index in [2.05, 4.69) is 4.98 Å². The number of para-hydroxylation sites is 1. The van der Waals surface area contributed by atoms with Crippen molar-refractivity contribution in [2.24, 2.45) is 0 Å². The van der Waals surface area contributed by atoms with Crippen molar-refractivity contribution in [1.82, 2.24) is 4.98 Å². The quantitative estimate of drug-likeness (QED) is 0.705. The van der Waals surface area contributed by atoms with Crippen molar-refractivity contribution in [3.8, 4) is 11.1 Å². The lowest BCUT2D eigenvalue weighted by Crippen LogP contribution is -2.11. The highest BCUT2D eigenvalue weighted by molar-refractivity contribution is 5.88. The Balaban J connectivity index is 2.35. The van der Waals surface area contributed by atoms with Gasteiger partial charge in [0, 0.05) is 10.9 Å². The number of aromatic amines is 1. The largest absolute Gasteiger partial charge is 0.321 e. The molecule has 19 heavy (non-hydrogen) atoms. The Morgan fingerprint density at radius 2 is 1.68 bits per heavy atom. The maximum absolute atomic E-state index is 13.0. The molecule has 2 aromatic carbocycles. The van der Waals surface area contributed by atoms with Crippen molar-refractivity contribution >= 4 is 10.9 Å². The van der Waals surface area contributed by atoms with E-state index in [-0.39, 0.29) is 11.4 Å². The fraction of sp³-hybridized carbons (Fsp3) is 0.0625. The fourth-order valence-electron chi connectivity index (χ4n) is 2.37. The van der Waals surface area contributed by atoms with E-state index in [1.165, 1.54) is 12.1 Å². The van der Waals surface area contributed by atoms with Crippen molar-refractivity contribution < 1.29 is 4.39 Å². The van der Waals surface area contributed by atoms with Crippen molar-refractivity contribution in [3.05, 3.63) is 70.3 Å². The maximum atomic E-state index is 13.0. The SMILES string of the molecule is Cc1c(-c2ccc(F)cc2)c(=O)[nH]c2ccccc12. The molecular weight excluding hydrogens is 241 g/mol. The third kappa shape index (κ3) is 1.93. The van der Waals surface area contributed by atoms with Crippen molar-refractivity contribution in [1.29, 1.82) is 0 Å². The van der Waals surface area contributed by atoms with E-state index in [0.29, 0.717) is 5.56 Å². The van der Waals surface area contributed by atoms with Crippen LogP contribution in [0.2, 0.25) is 0 Å². The zero-order chi connectivity index (χ0) is 13.4. The Bertz CT molecular complexity index is 803. The third-order valence-electron chi connectivity index (χ3n) is 3.31. The summed E-state index contributed by atoms with van der Waals surface area (Å²) in [5.41, 5.74) is 2.90. The number of aryl methyl sites for hydroxylation is 1. The second kappa shape index (κ2) is 4.35. The predicted octanol–water partition coefficient (Wildman–Crippen LogP) is 3.64. The molecule has 0 aliphatic heterocycles. The van der Waals surface area contributed by atoms with Crippen LogP contribution in [0.3, 0.4) is 0 Å². The predicted molar refractivity (Wildman–Crippen MR) is 74.7 cm³/mol. The van der Waals surface area contributed by atoms with Crippen LogP contribution in [-0.4, -0.2) is 4.98 Å². The summed E-state index contributed by atoms with van der Waals surface area (Å²) in [6, 6.07) is 13.6. The molecule has 0 unspecified atom stereocenters. The van der Waals surface area contributed by atoms with Crippen LogP contribution in [0.4, 0.5) is 4.39 Å². The number of hydrogen-bond acceptors (Lipinski definition) is 1. The molecule has 1 aromatic heterocycles. The standard InChI is InChI=1S/C16H12FNO/c1-10-13-4-2-3-5-14(13)18-16(19)15(10)11-6-8-12(17)9-7-11/h2-9H,1H3,(H,18,19). The van der Waals surface area contributed by atoms with Crippen molar-refractivity contribution in [2.75, 3.05) is 0 Å². The lowest BCUT2D eigenvalue weighted by atomic mass is 9.99. The molecule has 0 amide bonds. The minimum Gasteiger partial charge on any atom is -0.321 e. The lowest BCUT2D eigenvalue weighted by molar-refractivity contribution is 0.628. The van der Waals surface area contributed by atoms with Gasteiger partial charge < -0.3 is 4.98 Å². The maximum Gasteiger partial charge on any atom is 0.256 e. The van der Waals surface area contributed by atoms with Crippen LogP contribution >= 0.6 is 0 Å². The van der Waals surface area contributed by atoms with Gasteiger partial charge in [-0.15, -0.1) is 0 Å². The molecule has 0 radical (unpaired) electrons. The van der Waals surface area contributed by atoms with E-state index in [4.69, 9.17) is 0 Å². The molecule has 0 aliphatic rings. The van der Waals surface area contributed by atoms with Gasteiger partial charge in [-0.2, -0.15) is 0 Å². The molecule has 0 saturated heterocycles. The summed E-state index contributed by atoms with van der Waals surface area (Å²) < 4.78 is 13.0. The van der Waals surface area contributed by atoms with Crippen LogP contribution in [0, 0.1) is 12.7 Å². The zero-order valence-electron chi connectivity index (χ0n) is 10.4. The summed E-state index contributed by atoms with van der Waals surface area (Å²) in [4.78, 5) is 15.1. The molecule has 0 fully saturated rings. The molecule has 1 N–H and O–H groups in total. The smallest absolute Gasteiger partial charge is 0.256 e. The van der Waals surface area contributed by atoms with Crippen molar-refractivity contribution in [2.45, 2.75) is 6.92 Å². The monoisotopic (exact) mass is 253 g/mol. The first-order valence-electron chi connectivity index (χ1n) is 6.04. The highest BCUT2D eigenvalue weighted by Gasteiger charge is 2.10. The van der Waals surface area contributed by atoms with E-state index < -0.39 is 0 Å². The number of fused-ring (bicyclic) bond motifs is 1. The molecule has 0 aliphatic carbocycles. The summed E-state index contributed by atoms with van der Waals surface area (Å²) >= 11 is 0. The Morgan fingerprint density at radius 3 is 2.42 bits per heavy atom. The van der Waals surface area contributed by atoms with Crippen LogP contribution < -0.4 is 5.56 Å². The van der Waals surface area contributed by atoms with E-state index in [1.54, 1.807) is 12.1 Å². The minimum atomic E-state index is -0.307. The van der Waals surface area contributed by atoms with Gasteiger partial charge in [0.15, 0.2) is 0 Å². The van der Waals surface area contributed by atoms with Gasteiger partial charge in [0.25, 0.3) is 5.56 Å². The number of pyridine rings is 1. The average Bonchev–Trinajstić information content (AvgIpc) is 2.41. The van der Waals surface area contributed by atoms with Crippen LogP contribution in [0.5, 0.6) is 0 Å². The Morgan fingerprint density at radius 1 is 1.00 bits per heavy atom. The molecule has 3 heteroatoms. The number of nitrogens with one attached hydrogen (secondary N) is 1. The normalized spacial score (nSPS) is 10.8. The molecule has 0 bridgehead atoms. The van der Waals surface area contributed by atoms with Gasteiger partial charge >= 0.3 is 0 Å². The molecule has 3 aromatic rings. The molecule has 3 rings (SSSR count). The zero-order valence-corrected chi connectivity index (χ0v) is 10.4.